The van der Waals surface area contributed by atoms with E-state index in [1.165, 1.54) is 61.9 Å². The van der Waals surface area contributed by atoms with Gasteiger partial charge in [-0.05, 0) is 85.0 Å². The van der Waals surface area contributed by atoms with Crippen molar-refractivity contribution in [3.8, 4) is 11.1 Å². The first kappa shape index (κ1) is 22.8. The van der Waals surface area contributed by atoms with Gasteiger partial charge in [-0.25, -0.2) is 4.79 Å². The lowest BCUT2D eigenvalue weighted by Gasteiger charge is -2.41. The molecule has 0 unspecified atom stereocenters. The number of hydrogen-bond donors (Lipinski definition) is 2. The third-order valence-corrected chi connectivity index (χ3v) is 7.13. The molecule has 2 amide bonds. The summed E-state index contributed by atoms with van der Waals surface area (Å²) >= 11 is 0. The number of fused-ring (bicyclic) bond motifs is 1. The highest BCUT2D eigenvalue weighted by atomic mass is 16.5. The molecule has 2 aliphatic heterocycles. The normalized spacial score (nSPS) is 19.5. The number of nitrogens with one attached hydrogen (secondary N) is 2. The molecule has 5 heteroatoms. The molecule has 2 saturated heterocycles. The number of benzene rings is 2. The number of urea groups is 1. The van der Waals surface area contributed by atoms with Gasteiger partial charge in [0.25, 0.3) is 0 Å². The van der Waals surface area contributed by atoms with Crippen molar-refractivity contribution >= 4 is 11.7 Å². The van der Waals surface area contributed by atoms with E-state index < -0.39 is 0 Å². The highest BCUT2D eigenvalue weighted by molar-refractivity contribution is 5.89. The zero-order chi connectivity index (χ0) is 22.4. The van der Waals surface area contributed by atoms with Crippen molar-refractivity contribution < 1.29 is 9.53 Å². The minimum Gasteiger partial charge on any atom is -0.378 e. The molecule has 5 nitrogen and oxygen atoms in total. The fraction of sp³-hybridized carbons (Fsp3) is 0.519. The number of carbonyl (C=O) groups excluding carboxylic acids is 1. The van der Waals surface area contributed by atoms with Crippen LogP contribution in [-0.4, -0.2) is 50.3 Å². The summed E-state index contributed by atoms with van der Waals surface area (Å²) < 4.78 is 5.31. The van der Waals surface area contributed by atoms with Gasteiger partial charge in [-0.2, -0.15) is 0 Å². The highest BCUT2D eigenvalue weighted by Gasteiger charge is 2.35. The van der Waals surface area contributed by atoms with E-state index in [9.17, 15) is 4.79 Å². The van der Waals surface area contributed by atoms with Gasteiger partial charge in [0.1, 0.15) is 0 Å². The van der Waals surface area contributed by atoms with Crippen molar-refractivity contribution in [1.29, 1.82) is 0 Å². The minimum atomic E-state index is -0.0494. The molecule has 3 aliphatic rings. The first-order valence-electron chi connectivity index (χ1n) is 12.3. The highest BCUT2D eigenvalue weighted by Crippen LogP contribution is 2.42. The average molecular weight is 436 g/mol. The Labute approximate surface area is 192 Å². The molecule has 2 fully saturated rings. The maximum atomic E-state index is 12.4. The minimum absolute atomic E-state index is 0.0494. The Morgan fingerprint density at radius 2 is 1.62 bits per heavy atom. The molecule has 1 aliphatic carbocycles. The Hall–Kier alpha value is -2.37. The molecule has 0 aromatic heterocycles. The molecule has 2 aromatic carbocycles. The first-order chi connectivity index (χ1) is 15.7. The van der Waals surface area contributed by atoms with E-state index >= 15 is 0 Å². The summed E-state index contributed by atoms with van der Waals surface area (Å²) in [5, 5.41) is 6.51. The van der Waals surface area contributed by atoms with Crippen molar-refractivity contribution in [3.05, 3.63) is 53.6 Å². The molecule has 2 N–H and O–H groups in total. The van der Waals surface area contributed by atoms with Crippen LogP contribution in [0.5, 0.6) is 0 Å². The second-order valence-electron chi connectivity index (χ2n) is 9.02. The number of aryl methyl sites for hydroxylation is 1. The van der Waals surface area contributed by atoms with Crippen LogP contribution in [0.25, 0.3) is 11.1 Å². The van der Waals surface area contributed by atoms with E-state index in [0.717, 1.165) is 5.69 Å². The Morgan fingerprint density at radius 3 is 2.34 bits per heavy atom. The predicted molar refractivity (Wildman–Crippen MR) is 131 cm³/mol. The van der Waals surface area contributed by atoms with Crippen LogP contribution >= 0.6 is 0 Å². The Morgan fingerprint density at radius 1 is 0.938 bits per heavy atom. The molecule has 172 valence electrons. The van der Waals surface area contributed by atoms with Crippen LogP contribution in [-0.2, 0) is 17.6 Å². The van der Waals surface area contributed by atoms with Gasteiger partial charge in [-0.15, -0.1) is 0 Å². The van der Waals surface area contributed by atoms with Gasteiger partial charge in [0, 0.05) is 18.8 Å². The van der Waals surface area contributed by atoms with Crippen LogP contribution in [0.4, 0.5) is 10.5 Å². The average Bonchev–Trinajstić information content (AvgIpc) is 2.86. The second-order valence-corrected chi connectivity index (χ2v) is 9.02. The van der Waals surface area contributed by atoms with E-state index in [4.69, 9.17) is 4.74 Å². The van der Waals surface area contributed by atoms with Crippen LogP contribution in [0.15, 0.2) is 42.5 Å². The molecule has 0 bridgehead atoms. The summed E-state index contributed by atoms with van der Waals surface area (Å²) in [5.41, 5.74) is 6.88. The second kappa shape index (κ2) is 10.5. The lowest BCUT2D eigenvalue weighted by molar-refractivity contribution is 0.0564. The van der Waals surface area contributed by atoms with E-state index in [1.54, 1.807) is 10.5 Å². The molecular formula is C27H37N3O2. The Balaban J connectivity index is 0.00000119. The molecule has 2 heterocycles. The number of piperidine rings is 1. The predicted octanol–water partition coefficient (Wildman–Crippen LogP) is 5.10. The van der Waals surface area contributed by atoms with Crippen LogP contribution in [0.1, 0.15) is 44.2 Å². The van der Waals surface area contributed by atoms with Crippen molar-refractivity contribution in [2.45, 2.75) is 46.0 Å². The van der Waals surface area contributed by atoms with Gasteiger partial charge < -0.3 is 20.3 Å². The smallest absolute Gasteiger partial charge is 0.321 e. The summed E-state index contributed by atoms with van der Waals surface area (Å²) in [6.07, 6.45) is 6.36. The third-order valence-electron chi connectivity index (χ3n) is 7.13. The zero-order valence-corrected chi connectivity index (χ0v) is 19.6. The van der Waals surface area contributed by atoms with E-state index in [-0.39, 0.29) is 6.03 Å². The van der Waals surface area contributed by atoms with Gasteiger partial charge in [-0.1, -0.05) is 44.2 Å². The Bertz CT molecular complexity index is 898. The van der Waals surface area contributed by atoms with Gasteiger partial charge in [-0.3, -0.25) is 0 Å². The molecule has 0 saturated carbocycles. The quantitative estimate of drug-likeness (QED) is 0.690. The maximum absolute atomic E-state index is 12.4. The van der Waals surface area contributed by atoms with Gasteiger partial charge >= 0.3 is 6.03 Å². The van der Waals surface area contributed by atoms with Crippen LogP contribution < -0.4 is 10.6 Å². The van der Waals surface area contributed by atoms with Crippen molar-refractivity contribution in [3.63, 3.8) is 0 Å². The molecule has 5 rings (SSSR count). The summed E-state index contributed by atoms with van der Waals surface area (Å²) in [6, 6.07) is 15.1. The number of ether oxygens (including phenoxy) is 1. The zero-order valence-electron chi connectivity index (χ0n) is 19.6. The van der Waals surface area contributed by atoms with Crippen molar-refractivity contribution in [1.82, 2.24) is 10.2 Å². The molecule has 0 radical (unpaired) electrons. The van der Waals surface area contributed by atoms with E-state index in [1.807, 2.05) is 26.0 Å². The number of rotatable bonds is 2. The topological polar surface area (TPSA) is 53.6 Å². The lowest BCUT2D eigenvalue weighted by Crippen LogP contribution is -2.43. The van der Waals surface area contributed by atoms with Crippen LogP contribution in [0, 0.1) is 5.41 Å². The number of hydrogen-bond acceptors (Lipinski definition) is 3. The Kier molecular flexibility index (Phi) is 7.48. The summed E-state index contributed by atoms with van der Waals surface area (Å²) in [7, 11) is 0. The van der Waals surface area contributed by atoms with Crippen LogP contribution in [0.2, 0.25) is 0 Å². The van der Waals surface area contributed by atoms with Crippen LogP contribution in [0.3, 0.4) is 0 Å². The SMILES string of the molecule is CC.O=C(Nc1ccc(-c2ccc3c(c2)CCC2(CCNCC2)C3)cc1)N1CCOCC1. The first-order valence-corrected chi connectivity index (χ1v) is 12.3. The number of anilines is 1. The summed E-state index contributed by atoms with van der Waals surface area (Å²) in [6.45, 7) is 8.86. The number of nitrogens with zero attached hydrogens (tertiary/aromatic N) is 1. The maximum Gasteiger partial charge on any atom is 0.321 e. The fourth-order valence-electron chi connectivity index (χ4n) is 5.20. The standard InChI is InChI=1S/C25H31N3O2.C2H6/c29-24(28-13-15-30-16-14-28)27-23-5-3-19(4-6-23)20-1-2-22-18-25(8-7-21(22)17-20)9-11-26-12-10-25;1-2/h1-6,17,26H,7-16,18H2,(H,27,29);1-2H3. The van der Waals surface area contributed by atoms with E-state index in [2.05, 4.69) is 41.0 Å². The fourth-order valence-corrected chi connectivity index (χ4v) is 5.20. The summed E-state index contributed by atoms with van der Waals surface area (Å²) in [4.78, 5) is 14.2. The number of amides is 2. The van der Waals surface area contributed by atoms with Gasteiger partial charge in [0.2, 0.25) is 0 Å². The monoisotopic (exact) mass is 435 g/mol. The molecular weight excluding hydrogens is 398 g/mol. The summed E-state index contributed by atoms with van der Waals surface area (Å²) in [5.74, 6) is 0. The molecule has 1 spiro atoms. The van der Waals surface area contributed by atoms with Crippen molar-refractivity contribution in [2.75, 3.05) is 44.7 Å². The third kappa shape index (κ3) is 5.16. The van der Waals surface area contributed by atoms with Crippen molar-refractivity contribution in [2.24, 2.45) is 5.41 Å². The number of morpholine rings is 1. The number of carbonyl (C=O) groups is 1. The van der Waals surface area contributed by atoms with Gasteiger partial charge in [0.15, 0.2) is 0 Å². The largest absolute Gasteiger partial charge is 0.378 e. The molecule has 0 atom stereocenters. The van der Waals surface area contributed by atoms with Gasteiger partial charge in [0.05, 0.1) is 13.2 Å². The lowest BCUT2D eigenvalue weighted by atomic mass is 9.66. The molecule has 32 heavy (non-hydrogen) atoms. The molecule has 2 aromatic rings. The van der Waals surface area contributed by atoms with E-state index in [0.29, 0.717) is 31.7 Å².